The van der Waals surface area contributed by atoms with E-state index in [2.05, 4.69) is 52.2 Å². The highest BCUT2D eigenvalue weighted by molar-refractivity contribution is 8.77. The third-order valence-corrected chi connectivity index (χ3v) is 18.3. The Kier molecular flexibility index (Phi) is 22.4. The van der Waals surface area contributed by atoms with Gasteiger partial charge in [0.25, 0.3) is 0 Å². The van der Waals surface area contributed by atoms with Gasteiger partial charge >= 0.3 is 0 Å². The number of primary amides is 3. The van der Waals surface area contributed by atoms with Crippen LogP contribution in [0.1, 0.15) is 94.6 Å². The van der Waals surface area contributed by atoms with Crippen molar-refractivity contribution in [2.75, 3.05) is 25.4 Å². The minimum atomic E-state index is -1.78. The summed E-state index contributed by atoms with van der Waals surface area (Å²) in [6.45, 7) is -0.386. The summed E-state index contributed by atoms with van der Waals surface area (Å²) in [7, 11) is 2.53. The van der Waals surface area contributed by atoms with Gasteiger partial charge in [0.05, 0.1) is 13.0 Å². The van der Waals surface area contributed by atoms with E-state index in [0.717, 1.165) is 41.1 Å². The standard InChI is InChI=1S/C55H74N16O11S2/c56-43(72)17-16-37-48(77)69-40(24-44(57)73)51(80)70-41(53(82)71-21-9-15-42(71)52(81)67-36(14-8-20-61-54(59)60)47(76)64-28-45(58)74)29-83-84-55(18-6-1-7-19-55)25-46(75)65-38(22-30-26-62-34-12-4-2-10-32(30)34)49(78)68-39(50(79)66-37)23-31-27-63-35-13-5-3-11-33(31)35/h2-5,10-13,26-27,36-42,62-63H,1,6-9,14-25,28-29H2,(H2,56,72)(H2,57,73)(H2,58,74)(H,64,76)(H,65,75)(H,66,79)(H,67,81)(H,68,78)(H,69,77)(H,70,80)(H4,59,60,61)/t36-,37?,38?,39-,40?,41-,42-/m0/s1. The molecule has 2 saturated heterocycles. The van der Waals surface area contributed by atoms with Crippen LogP contribution >= 0.6 is 21.6 Å². The number of fused-ring (bicyclic) bond motifs is 2. The molecule has 3 fully saturated rings. The molecule has 452 valence electrons. The van der Waals surface area contributed by atoms with E-state index in [0.29, 0.717) is 30.4 Å². The van der Waals surface area contributed by atoms with Crippen molar-refractivity contribution >= 4 is 114 Å². The smallest absolute Gasteiger partial charge is 0.246 e. The Morgan fingerprint density at radius 1 is 0.690 bits per heavy atom. The van der Waals surface area contributed by atoms with Gasteiger partial charge in [-0.2, -0.15) is 0 Å². The van der Waals surface area contributed by atoms with Crippen molar-refractivity contribution in [2.24, 2.45) is 33.7 Å². The summed E-state index contributed by atoms with van der Waals surface area (Å²) in [5.41, 5.74) is 30.2. The first kappa shape index (κ1) is 63.2. The maximum absolute atomic E-state index is 15.0. The molecule has 1 spiro atoms. The molecule has 0 radical (unpaired) electrons. The van der Waals surface area contributed by atoms with Gasteiger partial charge < -0.3 is 80.8 Å². The van der Waals surface area contributed by atoms with E-state index < -0.39 is 138 Å². The largest absolute Gasteiger partial charge is 0.370 e. The van der Waals surface area contributed by atoms with Crippen molar-refractivity contribution in [1.29, 1.82) is 0 Å². The SMILES string of the molecule is NC(=O)CCC1NC(=O)[C@H](Cc2c[nH]c3ccccc23)NC(=O)C(Cc2c[nH]c3ccccc23)NC(=O)CC2(CCCCC2)SSC[C@@H](C(=O)N2CCC[C@H]2C(=O)N[C@@H](CCCN=C(N)N)C(=O)NCC(N)=O)NC(=O)C(CC(N)=O)NC1=O. The lowest BCUT2D eigenvalue weighted by molar-refractivity contribution is -0.142. The number of hydrogen-bond acceptors (Lipinski definition) is 14. The van der Waals surface area contributed by atoms with Crippen molar-refractivity contribution in [3.8, 4) is 0 Å². The summed E-state index contributed by atoms with van der Waals surface area (Å²) in [6.07, 6.45) is 5.77. The highest BCUT2D eigenvalue weighted by atomic mass is 33.1. The molecular formula is C55H74N16O11S2. The van der Waals surface area contributed by atoms with E-state index in [9.17, 15) is 47.9 Å². The molecule has 19 N–H and O–H groups in total. The molecule has 29 heteroatoms. The molecule has 4 heterocycles. The first-order chi connectivity index (χ1) is 40.2. The van der Waals surface area contributed by atoms with E-state index >= 15 is 4.79 Å². The maximum Gasteiger partial charge on any atom is 0.246 e. The number of aromatic amines is 2. The number of amides is 11. The number of nitrogens with zero attached hydrogens (tertiary/aromatic N) is 2. The van der Waals surface area contributed by atoms with Gasteiger partial charge in [0.15, 0.2) is 5.96 Å². The first-order valence-corrected chi connectivity index (χ1v) is 30.2. The number of aliphatic imine (C=N–C) groups is 1. The average Bonchev–Trinajstić information content (AvgIpc) is 4.36. The number of H-pyrrole nitrogens is 2. The van der Waals surface area contributed by atoms with Crippen molar-refractivity contribution in [2.45, 2.75) is 143 Å². The van der Waals surface area contributed by atoms with Crippen LogP contribution in [-0.4, -0.2) is 158 Å². The van der Waals surface area contributed by atoms with Crippen LogP contribution in [0.15, 0.2) is 65.9 Å². The molecule has 84 heavy (non-hydrogen) atoms. The number of carbonyl (C=O) groups excluding carboxylic acids is 11. The Bertz CT molecular complexity index is 3120. The summed E-state index contributed by atoms with van der Waals surface area (Å²) in [4.78, 5) is 164. The van der Waals surface area contributed by atoms with Gasteiger partial charge in [-0.15, -0.1) is 0 Å². The van der Waals surface area contributed by atoms with Gasteiger partial charge in [-0.3, -0.25) is 57.7 Å². The van der Waals surface area contributed by atoms with Crippen molar-refractivity contribution < 1.29 is 52.7 Å². The number of nitrogens with two attached hydrogens (primary N) is 5. The van der Waals surface area contributed by atoms with Gasteiger partial charge in [-0.05, 0) is 68.2 Å². The van der Waals surface area contributed by atoms with Crippen molar-refractivity contribution in [3.05, 3.63) is 72.1 Å². The molecule has 4 aromatic rings. The number of carbonyl (C=O) groups is 11. The van der Waals surface area contributed by atoms with E-state index in [1.165, 1.54) is 26.5 Å². The minimum Gasteiger partial charge on any atom is -0.370 e. The van der Waals surface area contributed by atoms with Crippen LogP contribution in [0.2, 0.25) is 0 Å². The Labute approximate surface area is 491 Å². The number of nitrogens with one attached hydrogen (secondary N) is 9. The zero-order valence-corrected chi connectivity index (χ0v) is 48.0. The van der Waals surface area contributed by atoms with E-state index in [-0.39, 0.29) is 63.3 Å². The fourth-order valence-corrected chi connectivity index (χ4v) is 14.1. The molecule has 0 bridgehead atoms. The topological polar surface area (TPSA) is 449 Å². The highest BCUT2D eigenvalue weighted by Gasteiger charge is 2.42. The molecule has 2 aromatic carbocycles. The van der Waals surface area contributed by atoms with Gasteiger partial charge in [0.2, 0.25) is 65.0 Å². The lowest BCUT2D eigenvalue weighted by Gasteiger charge is -2.37. The first-order valence-electron chi connectivity index (χ1n) is 27.9. The number of benzene rings is 2. The molecular weight excluding hydrogens is 1120 g/mol. The van der Waals surface area contributed by atoms with Crippen molar-refractivity contribution in [3.63, 3.8) is 0 Å². The fourth-order valence-electron chi connectivity index (χ4n) is 10.8. The number of rotatable bonds is 19. The van der Waals surface area contributed by atoms with Crippen LogP contribution in [-0.2, 0) is 65.6 Å². The molecule has 2 aromatic heterocycles. The molecule has 11 amide bonds. The molecule has 3 unspecified atom stereocenters. The van der Waals surface area contributed by atoms with Crippen LogP contribution in [0.3, 0.4) is 0 Å². The van der Waals surface area contributed by atoms with Crippen LogP contribution in [0.5, 0.6) is 0 Å². The number of guanidine groups is 1. The van der Waals surface area contributed by atoms with Crippen LogP contribution in [0.4, 0.5) is 0 Å². The van der Waals surface area contributed by atoms with Crippen molar-refractivity contribution in [1.82, 2.24) is 52.1 Å². The molecule has 1 saturated carbocycles. The molecule has 7 atom stereocenters. The second kappa shape index (κ2) is 29.8. The second-order valence-corrected chi connectivity index (χ2v) is 24.1. The summed E-state index contributed by atoms with van der Waals surface area (Å²) in [6, 6.07) is 4.77. The third-order valence-electron chi connectivity index (χ3n) is 15.0. The lowest BCUT2D eigenvalue weighted by Crippen LogP contribution is -2.61. The second-order valence-electron chi connectivity index (χ2n) is 21.3. The Morgan fingerprint density at radius 3 is 1.88 bits per heavy atom. The molecule has 2 aliphatic heterocycles. The lowest BCUT2D eigenvalue weighted by atomic mass is 9.85. The third kappa shape index (κ3) is 17.6. The molecule has 1 aliphatic carbocycles. The van der Waals surface area contributed by atoms with Gasteiger partial charge in [-0.1, -0.05) is 77.2 Å². The monoisotopic (exact) mass is 1200 g/mol. The normalized spacial score (nSPS) is 22.3. The Morgan fingerprint density at radius 2 is 1.27 bits per heavy atom. The number of para-hydroxylation sites is 2. The Balaban J connectivity index is 1.24. The van der Waals surface area contributed by atoms with E-state index in [1.54, 1.807) is 18.5 Å². The quantitative estimate of drug-likeness (QED) is 0.0223. The number of hydrogen-bond donors (Lipinski definition) is 14. The summed E-state index contributed by atoms with van der Waals surface area (Å²) in [5.74, 6) is -9.48. The fraction of sp³-hybridized carbons (Fsp3) is 0.491. The molecule has 7 rings (SSSR count). The summed E-state index contributed by atoms with van der Waals surface area (Å²) in [5, 5.41) is 20.3. The predicted molar refractivity (Wildman–Crippen MR) is 315 cm³/mol. The average molecular weight is 1200 g/mol. The number of aromatic nitrogens is 2. The highest BCUT2D eigenvalue weighted by Crippen LogP contribution is 2.48. The molecule has 3 aliphatic rings. The summed E-state index contributed by atoms with van der Waals surface area (Å²) < 4.78 is -0.755. The van der Waals surface area contributed by atoms with Crippen LogP contribution in [0, 0.1) is 0 Å². The molecule has 27 nitrogen and oxygen atoms in total. The van der Waals surface area contributed by atoms with Crippen LogP contribution in [0.25, 0.3) is 21.8 Å². The van der Waals surface area contributed by atoms with E-state index in [4.69, 9.17) is 28.7 Å². The van der Waals surface area contributed by atoms with Crippen LogP contribution < -0.4 is 65.9 Å². The Hall–Kier alpha value is -8.34. The van der Waals surface area contributed by atoms with Gasteiger partial charge in [0, 0.05) is 83.5 Å². The zero-order chi connectivity index (χ0) is 60.5. The zero-order valence-electron chi connectivity index (χ0n) is 46.3. The maximum atomic E-state index is 15.0. The predicted octanol–water partition coefficient (Wildman–Crippen LogP) is -1.38. The van der Waals surface area contributed by atoms with Gasteiger partial charge in [0.1, 0.15) is 42.3 Å². The minimum absolute atomic E-state index is 0.00955. The summed E-state index contributed by atoms with van der Waals surface area (Å²) >= 11 is 0. The number of likely N-dealkylation sites (tertiary alicyclic amines) is 1. The van der Waals surface area contributed by atoms with Gasteiger partial charge in [-0.25, -0.2) is 0 Å². The van der Waals surface area contributed by atoms with E-state index in [1.807, 2.05) is 42.5 Å².